The highest BCUT2D eigenvalue weighted by molar-refractivity contribution is 5.64. The lowest BCUT2D eigenvalue weighted by atomic mass is 10.0. The van der Waals surface area contributed by atoms with Crippen LogP contribution in [0.5, 0.6) is 0 Å². The lowest BCUT2D eigenvalue weighted by Gasteiger charge is -2.38. The third-order valence-corrected chi connectivity index (χ3v) is 3.47. The molecule has 1 heterocycles. The second-order valence-electron chi connectivity index (χ2n) is 4.96. The molecule has 1 aromatic carbocycles. The Hall–Kier alpha value is -1.59. The molecule has 0 aliphatic carbocycles. The highest BCUT2D eigenvalue weighted by Gasteiger charge is 2.25. The zero-order chi connectivity index (χ0) is 13.7. The van der Waals surface area contributed by atoms with Crippen molar-refractivity contribution < 1.29 is 9.90 Å². The van der Waals surface area contributed by atoms with Crippen molar-refractivity contribution in [2.75, 3.05) is 26.2 Å². The Morgan fingerprint density at radius 1 is 1.53 bits per heavy atom. The third kappa shape index (κ3) is 3.94. The van der Waals surface area contributed by atoms with Crippen molar-refractivity contribution >= 4 is 6.09 Å². The number of benzene rings is 1. The monoisotopic (exact) mass is 263 g/mol. The Labute approximate surface area is 113 Å². The van der Waals surface area contributed by atoms with Crippen LogP contribution in [-0.2, 0) is 0 Å². The van der Waals surface area contributed by atoms with Gasteiger partial charge < -0.3 is 15.7 Å². The van der Waals surface area contributed by atoms with E-state index >= 15 is 0 Å². The van der Waals surface area contributed by atoms with Crippen LogP contribution in [0.4, 0.5) is 4.79 Å². The number of piperazine rings is 1. The van der Waals surface area contributed by atoms with Crippen molar-refractivity contribution in [1.29, 1.82) is 0 Å². The van der Waals surface area contributed by atoms with Gasteiger partial charge in [-0.15, -0.1) is 0 Å². The number of nitrogens with zero attached hydrogens (tertiary/aromatic N) is 1. The fraction of sp³-hybridized carbons (Fsp3) is 0.500. The van der Waals surface area contributed by atoms with Crippen molar-refractivity contribution in [3.63, 3.8) is 0 Å². The molecule has 0 aromatic heterocycles. The van der Waals surface area contributed by atoms with Gasteiger partial charge in [-0.1, -0.05) is 30.3 Å². The van der Waals surface area contributed by atoms with E-state index < -0.39 is 6.09 Å². The first-order valence-electron chi connectivity index (χ1n) is 6.66. The minimum absolute atomic E-state index is 0.0989. The van der Waals surface area contributed by atoms with Crippen LogP contribution in [0.15, 0.2) is 30.3 Å². The van der Waals surface area contributed by atoms with Gasteiger partial charge in [0.15, 0.2) is 0 Å². The predicted molar refractivity (Wildman–Crippen MR) is 74.2 cm³/mol. The summed E-state index contributed by atoms with van der Waals surface area (Å²) in [6.07, 6.45) is -0.968. The van der Waals surface area contributed by atoms with E-state index in [4.69, 9.17) is 5.11 Å². The first kappa shape index (κ1) is 13.8. The Balaban J connectivity index is 2.11. The first-order chi connectivity index (χ1) is 9.16. The SMILES string of the molecule is C[C@@H]1CN([C@@H](CNC(=O)O)c2ccccc2)CCN1. The second kappa shape index (κ2) is 6.54. The average molecular weight is 263 g/mol. The summed E-state index contributed by atoms with van der Waals surface area (Å²) in [6.45, 7) is 5.38. The Morgan fingerprint density at radius 2 is 2.26 bits per heavy atom. The summed E-state index contributed by atoms with van der Waals surface area (Å²) in [5.41, 5.74) is 1.16. The molecule has 1 aliphatic rings. The lowest BCUT2D eigenvalue weighted by Crippen LogP contribution is -2.52. The largest absolute Gasteiger partial charge is 0.465 e. The van der Waals surface area contributed by atoms with Crippen molar-refractivity contribution in [3.8, 4) is 0 Å². The highest BCUT2D eigenvalue weighted by atomic mass is 16.4. The van der Waals surface area contributed by atoms with Crippen LogP contribution in [0.2, 0.25) is 0 Å². The van der Waals surface area contributed by atoms with Crippen molar-refractivity contribution in [3.05, 3.63) is 35.9 Å². The van der Waals surface area contributed by atoms with E-state index in [9.17, 15) is 4.79 Å². The molecule has 0 spiro atoms. The minimum Gasteiger partial charge on any atom is -0.465 e. The van der Waals surface area contributed by atoms with Gasteiger partial charge in [0, 0.05) is 32.2 Å². The van der Waals surface area contributed by atoms with Gasteiger partial charge in [0.25, 0.3) is 0 Å². The summed E-state index contributed by atoms with van der Waals surface area (Å²) in [4.78, 5) is 13.1. The van der Waals surface area contributed by atoms with Crippen LogP contribution in [-0.4, -0.2) is 48.3 Å². The fourth-order valence-electron chi connectivity index (χ4n) is 2.56. The Bertz CT molecular complexity index is 410. The zero-order valence-electron chi connectivity index (χ0n) is 11.2. The van der Waals surface area contributed by atoms with Crippen LogP contribution in [0.25, 0.3) is 0 Å². The molecule has 2 rings (SSSR count). The number of carbonyl (C=O) groups is 1. The average Bonchev–Trinajstić information content (AvgIpc) is 2.40. The molecule has 1 saturated heterocycles. The molecule has 104 valence electrons. The van der Waals surface area contributed by atoms with Gasteiger partial charge in [0.05, 0.1) is 6.04 Å². The molecule has 1 fully saturated rings. The number of carboxylic acid groups (broad SMARTS) is 1. The minimum atomic E-state index is -0.968. The number of amides is 1. The number of hydrogen-bond acceptors (Lipinski definition) is 3. The van der Waals surface area contributed by atoms with E-state index in [1.165, 1.54) is 0 Å². The van der Waals surface area contributed by atoms with E-state index in [1.807, 2.05) is 18.2 Å². The molecule has 3 N–H and O–H groups in total. The second-order valence-corrected chi connectivity index (χ2v) is 4.96. The number of nitrogens with one attached hydrogen (secondary N) is 2. The van der Waals surface area contributed by atoms with E-state index in [2.05, 4.69) is 34.6 Å². The zero-order valence-corrected chi connectivity index (χ0v) is 11.2. The summed E-state index contributed by atoms with van der Waals surface area (Å²) in [5, 5.41) is 14.7. The smallest absolute Gasteiger partial charge is 0.404 e. The molecule has 1 aromatic rings. The fourth-order valence-corrected chi connectivity index (χ4v) is 2.56. The van der Waals surface area contributed by atoms with Gasteiger partial charge in [0.1, 0.15) is 0 Å². The maximum atomic E-state index is 10.7. The van der Waals surface area contributed by atoms with Gasteiger partial charge in [0.2, 0.25) is 0 Å². The molecule has 0 radical (unpaired) electrons. The molecule has 5 nitrogen and oxygen atoms in total. The topological polar surface area (TPSA) is 64.6 Å². The normalized spacial score (nSPS) is 21.8. The molecule has 5 heteroatoms. The van der Waals surface area contributed by atoms with Crippen LogP contribution >= 0.6 is 0 Å². The van der Waals surface area contributed by atoms with Gasteiger partial charge in [-0.3, -0.25) is 4.90 Å². The molecule has 1 aliphatic heterocycles. The summed E-state index contributed by atoms with van der Waals surface area (Å²) in [6, 6.07) is 10.6. The van der Waals surface area contributed by atoms with E-state index in [1.54, 1.807) is 0 Å². The highest BCUT2D eigenvalue weighted by Crippen LogP contribution is 2.21. The number of hydrogen-bond donors (Lipinski definition) is 3. The predicted octanol–water partition coefficient (Wildman–Crippen LogP) is 1.29. The molecule has 0 saturated carbocycles. The van der Waals surface area contributed by atoms with E-state index in [0.717, 1.165) is 25.2 Å². The molecule has 2 atom stereocenters. The van der Waals surface area contributed by atoms with Gasteiger partial charge in [-0.2, -0.15) is 0 Å². The molecular weight excluding hydrogens is 242 g/mol. The molecule has 0 bridgehead atoms. The van der Waals surface area contributed by atoms with Crippen molar-refractivity contribution in [2.45, 2.75) is 19.0 Å². The van der Waals surface area contributed by atoms with Crippen molar-refractivity contribution in [1.82, 2.24) is 15.5 Å². The van der Waals surface area contributed by atoms with Crippen LogP contribution in [0, 0.1) is 0 Å². The Morgan fingerprint density at radius 3 is 2.89 bits per heavy atom. The van der Waals surface area contributed by atoms with Crippen LogP contribution in [0.1, 0.15) is 18.5 Å². The summed E-state index contributed by atoms with van der Waals surface area (Å²) in [7, 11) is 0. The standard InChI is InChI=1S/C14H21N3O2/c1-11-10-17(8-7-15-11)13(9-16-14(18)19)12-5-3-2-4-6-12/h2-6,11,13,15-16H,7-10H2,1H3,(H,18,19)/t11-,13+/m1/s1. The third-order valence-electron chi connectivity index (χ3n) is 3.47. The molecule has 1 amide bonds. The quantitative estimate of drug-likeness (QED) is 0.766. The number of rotatable bonds is 4. The summed E-state index contributed by atoms with van der Waals surface area (Å²) < 4.78 is 0. The van der Waals surface area contributed by atoms with Crippen LogP contribution < -0.4 is 10.6 Å². The van der Waals surface area contributed by atoms with Gasteiger partial charge in [-0.05, 0) is 12.5 Å². The van der Waals surface area contributed by atoms with Crippen molar-refractivity contribution in [2.24, 2.45) is 0 Å². The maximum absolute atomic E-state index is 10.7. The van der Waals surface area contributed by atoms with Crippen LogP contribution in [0.3, 0.4) is 0 Å². The van der Waals surface area contributed by atoms with E-state index in [0.29, 0.717) is 12.6 Å². The summed E-state index contributed by atoms with van der Waals surface area (Å²) >= 11 is 0. The Kier molecular flexibility index (Phi) is 4.76. The summed E-state index contributed by atoms with van der Waals surface area (Å²) in [5.74, 6) is 0. The first-order valence-corrected chi connectivity index (χ1v) is 6.66. The van der Waals surface area contributed by atoms with Gasteiger partial charge in [-0.25, -0.2) is 4.79 Å². The maximum Gasteiger partial charge on any atom is 0.404 e. The lowest BCUT2D eigenvalue weighted by molar-refractivity contribution is 0.141. The van der Waals surface area contributed by atoms with Gasteiger partial charge >= 0.3 is 6.09 Å². The molecular formula is C14H21N3O2. The van der Waals surface area contributed by atoms with E-state index in [-0.39, 0.29) is 6.04 Å². The molecule has 0 unspecified atom stereocenters. The molecule has 19 heavy (non-hydrogen) atoms.